The topological polar surface area (TPSA) is 50.7 Å². The fourth-order valence-corrected chi connectivity index (χ4v) is 4.15. The summed E-state index contributed by atoms with van der Waals surface area (Å²) in [7, 11) is 0. The first kappa shape index (κ1) is 11.7. The van der Waals surface area contributed by atoms with Gasteiger partial charge in [-0.1, -0.05) is 30.3 Å². The van der Waals surface area contributed by atoms with Crippen LogP contribution in [0.15, 0.2) is 42.2 Å². The average molecular weight is 298 g/mol. The standard InChI is InChI=1S/C14H10N4S2/c1-2-4-9(5-3-1)6-15-13-11-10(16-7-17-13)12-14(20-11)18-8-19-12/h1-5,7-8H,6H2,(H,15,16,17). The van der Waals surface area contributed by atoms with E-state index in [-0.39, 0.29) is 0 Å². The van der Waals surface area contributed by atoms with Gasteiger partial charge in [-0.2, -0.15) is 0 Å². The Balaban J connectivity index is 1.72. The molecule has 0 aliphatic rings. The fraction of sp³-hybridized carbons (Fsp3) is 0.0714. The number of hydrogen-bond acceptors (Lipinski definition) is 6. The van der Waals surface area contributed by atoms with Crippen LogP contribution in [0.5, 0.6) is 0 Å². The molecule has 0 radical (unpaired) electrons. The SMILES string of the molecule is c1ccc(CNc2ncnc3c2sc2ncsc23)cc1. The number of benzene rings is 1. The molecular weight excluding hydrogens is 288 g/mol. The number of thiazole rings is 1. The molecule has 6 heteroatoms. The van der Waals surface area contributed by atoms with Crippen molar-refractivity contribution in [2.75, 3.05) is 5.32 Å². The zero-order valence-corrected chi connectivity index (χ0v) is 12.0. The lowest BCUT2D eigenvalue weighted by molar-refractivity contribution is 1.11. The molecule has 0 aliphatic carbocycles. The van der Waals surface area contributed by atoms with Gasteiger partial charge in [-0.15, -0.1) is 22.7 Å². The van der Waals surface area contributed by atoms with E-state index in [1.165, 1.54) is 5.56 Å². The van der Waals surface area contributed by atoms with Crippen LogP contribution in [0.2, 0.25) is 0 Å². The zero-order chi connectivity index (χ0) is 13.4. The van der Waals surface area contributed by atoms with Crippen LogP contribution in [-0.4, -0.2) is 15.0 Å². The lowest BCUT2D eigenvalue weighted by Crippen LogP contribution is -2.01. The van der Waals surface area contributed by atoms with Crippen LogP contribution in [0.25, 0.3) is 19.7 Å². The highest BCUT2D eigenvalue weighted by atomic mass is 32.1. The van der Waals surface area contributed by atoms with Gasteiger partial charge in [0.25, 0.3) is 0 Å². The van der Waals surface area contributed by atoms with Crippen LogP contribution in [0.1, 0.15) is 5.56 Å². The molecule has 0 amide bonds. The average Bonchev–Trinajstić information content (AvgIpc) is 3.07. The fourth-order valence-electron chi connectivity index (χ4n) is 2.10. The first-order valence-electron chi connectivity index (χ1n) is 6.16. The second-order valence-electron chi connectivity index (χ2n) is 4.33. The molecule has 4 aromatic rings. The summed E-state index contributed by atoms with van der Waals surface area (Å²) in [4.78, 5) is 14.1. The molecule has 3 aromatic heterocycles. The third kappa shape index (κ3) is 1.93. The normalized spacial score (nSPS) is 11.2. The van der Waals surface area contributed by atoms with E-state index >= 15 is 0 Å². The molecule has 4 rings (SSSR count). The molecule has 1 N–H and O–H groups in total. The molecule has 4 nitrogen and oxygen atoms in total. The molecule has 0 saturated carbocycles. The van der Waals surface area contributed by atoms with Crippen molar-refractivity contribution in [1.82, 2.24) is 15.0 Å². The minimum Gasteiger partial charge on any atom is -0.365 e. The number of thiophene rings is 1. The Morgan fingerprint density at radius 1 is 1.00 bits per heavy atom. The van der Waals surface area contributed by atoms with Crippen molar-refractivity contribution in [1.29, 1.82) is 0 Å². The summed E-state index contributed by atoms with van der Waals surface area (Å²) >= 11 is 3.27. The Morgan fingerprint density at radius 2 is 1.90 bits per heavy atom. The maximum atomic E-state index is 4.39. The van der Waals surface area contributed by atoms with E-state index in [9.17, 15) is 0 Å². The quantitative estimate of drug-likeness (QED) is 0.623. The number of rotatable bonds is 3. The first-order chi connectivity index (χ1) is 9.92. The highest BCUT2D eigenvalue weighted by molar-refractivity contribution is 7.31. The van der Waals surface area contributed by atoms with Crippen molar-refractivity contribution >= 4 is 48.2 Å². The van der Waals surface area contributed by atoms with Gasteiger partial charge in [0, 0.05) is 6.54 Å². The minimum absolute atomic E-state index is 0.756. The van der Waals surface area contributed by atoms with E-state index in [1.807, 2.05) is 23.7 Å². The van der Waals surface area contributed by atoms with Crippen LogP contribution >= 0.6 is 22.7 Å². The number of anilines is 1. The summed E-state index contributed by atoms with van der Waals surface area (Å²) in [6, 6.07) is 10.3. The lowest BCUT2D eigenvalue weighted by atomic mass is 10.2. The Kier molecular flexibility index (Phi) is 2.82. The van der Waals surface area contributed by atoms with Gasteiger partial charge in [-0.05, 0) is 5.56 Å². The van der Waals surface area contributed by atoms with E-state index < -0.39 is 0 Å². The zero-order valence-electron chi connectivity index (χ0n) is 10.4. The summed E-state index contributed by atoms with van der Waals surface area (Å²) in [6.07, 6.45) is 1.61. The van der Waals surface area contributed by atoms with E-state index in [1.54, 1.807) is 29.0 Å². The van der Waals surface area contributed by atoms with E-state index in [2.05, 4.69) is 32.4 Å². The van der Waals surface area contributed by atoms with E-state index in [0.717, 1.165) is 32.1 Å². The molecule has 20 heavy (non-hydrogen) atoms. The van der Waals surface area contributed by atoms with Gasteiger partial charge in [0.05, 0.1) is 14.9 Å². The molecule has 0 spiro atoms. The summed E-state index contributed by atoms with van der Waals surface area (Å²) in [5.74, 6) is 0.883. The highest BCUT2D eigenvalue weighted by Crippen LogP contribution is 2.37. The summed E-state index contributed by atoms with van der Waals surface area (Å²) in [5.41, 5.74) is 4.09. The van der Waals surface area contributed by atoms with Crippen LogP contribution in [-0.2, 0) is 6.54 Å². The number of hydrogen-bond donors (Lipinski definition) is 1. The smallest absolute Gasteiger partial charge is 0.147 e. The van der Waals surface area contributed by atoms with Gasteiger partial charge in [-0.3, -0.25) is 0 Å². The maximum Gasteiger partial charge on any atom is 0.147 e. The second-order valence-corrected chi connectivity index (χ2v) is 6.18. The molecule has 0 atom stereocenters. The first-order valence-corrected chi connectivity index (χ1v) is 7.86. The van der Waals surface area contributed by atoms with Gasteiger partial charge in [0.2, 0.25) is 0 Å². The number of nitrogens with one attached hydrogen (secondary N) is 1. The minimum atomic E-state index is 0.756. The predicted octanol–water partition coefficient (Wildman–Crippen LogP) is 3.91. The van der Waals surface area contributed by atoms with Crippen molar-refractivity contribution in [2.24, 2.45) is 0 Å². The summed E-state index contributed by atoms with van der Waals surface area (Å²) in [6.45, 7) is 0.756. The van der Waals surface area contributed by atoms with E-state index in [4.69, 9.17) is 0 Å². The number of fused-ring (bicyclic) bond motifs is 3. The maximum absolute atomic E-state index is 4.39. The molecule has 0 aliphatic heterocycles. The van der Waals surface area contributed by atoms with Gasteiger partial charge < -0.3 is 5.32 Å². The van der Waals surface area contributed by atoms with Crippen LogP contribution < -0.4 is 5.32 Å². The van der Waals surface area contributed by atoms with Crippen molar-refractivity contribution in [3.63, 3.8) is 0 Å². The Morgan fingerprint density at radius 3 is 2.80 bits per heavy atom. The largest absolute Gasteiger partial charge is 0.365 e. The predicted molar refractivity (Wildman–Crippen MR) is 84.4 cm³/mol. The Labute approximate surface area is 123 Å². The van der Waals surface area contributed by atoms with Crippen molar-refractivity contribution < 1.29 is 0 Å². The molecule has 0 unspecified atom stereocenters. The van der Waals surface area contributed by atoms with Gasteiger partial charge in [0.1, 0.15) is 22.5 Å². The molecule has 98 valence electrons. The second kappa shape index (κ2) is 4.81. The van der Waals surface area contributed by atoms with E-state index in [0.29, 0.717) is 0 Å². The molecule has 0 saturated heterocycles. The molecular formula is C14H10N4S2. The third-order valence-corrected chi connectivity index (χ3v) is 5.11. The van der Waals surface area contributed by atoms with Crippen molar-refractivity contribution in [2.45, 2.75) is 6.54 Å². The van der Waals surface area contributed by atoms with Crippen LogP contribution in [0.4, 0.5) is 5.82 Å². The summed E-state index contributed by atoms with van der Waals surface area (Å²) < 4.78 is 2.23. The molecule has 0 fully saturated rings. The van der Waals surface area contributed by atoms with Gasteiger partial charge in [-0.25, -0.2) is 15.0 Å². The van der Waals surface area contributed by atoms with Gasteiger partial charge in [0.15, 0.2) is 0 Å². The van der Waals surface area contributed by atoms with Gasteiger partial charge >= 0.3 is 0 Å². The summed E-state index contributed by atoms with van der Waals surface area (Å²) in [5, 5.41) is 3.39. The Hall–Kier alpha value is -2.05. The van der Waals surface area contributed by atoms with Crippen molar-refractivity contribution in [3.8, 4) is 0 Å². The highest BCUT2D eigenvalue weighted by Gasteiger charge is 2.12. The molecule has 1 aromatic carbocycles. The van der Waals surface area contributed by atoms with Crippen molar-refractivity contribution in [3.05, 3.63) is 47.7 Å². The molecule has 0 bridgehead atoms. The van der Waals surface area contributed by atoms with Crippen LogP contribution in [0, 0.1) is 0 Å². The number of aromatic nitrogens is 3. The lowest BCUT2D eigenvalue weighted by Gasteiger charge is -2.05. The monoisotopic (exact) mass is 298 g/mol. The number of nitrogens with zero attached hydrogens (tertiary/aromatic N) is 3. The third-order valence-electron chi connectivity index (χ3n) is 3.06. The Bertz CT molecular complexity index is 867. The molecule has 3 heterocycles. The van der Waals surface area contributed by atoms with Crippen LogP contribution in [0.3, 0.4) is 0 Å².